The summed E-state index contributed by atoms with van der Waals surface area (Å²) in [6.07, 6.45) is 3.19. The Labute approximate surface area is 153 Å². The summed E-state index contributed by atoms with van der Waals surface area (Å²) < 4.78 is 25.7. The number of benzene rings is 2. The molecule has 0 bridgehead atoms. The first-order valence-electron chi connectivity index (χ1n) is 8.67. The monoisotopic (exact) mass is 376 g/mol. The average molecular weight is 377 g/mol. The van der Waals surface area contributed by atoms with Crippen molar-refractivity contribution in [2.45, 2.75) is 35.1 Å². The Hall–Kier alpha value is -1.56. The number of piperidine rings is 1. The van der Waals surface area contributed by atoms with Gasteiger partial charge in [0.05, 0.1) is 9.79 Å². The normalized spacial score (nSPS) is 18.4. The fraction of sp³-hybridized carbons (Fsp3) is 0.368. The lowest BCUT2D eigenvalue weighted by Crippen LogP contribution is -2.42. The van der Waals surface area contributed by atoms with Crippen molar-refractivity contribution in [3.63, 3.8) is 0 Å². The molecule has 2 aliphatic rings. The van der Waals surface area contributed by atoms with E-state index < -0.39 is 9.84 Å². The molecule has 25 heavy (non-hydrogen) atoms. The lowest BCUT2D eigenvalue weighted by Gasteiger charge is -2.33. The molecule has 0 aromatic heterocycles. The Bertz CT molecular complexity index is 875. The fourth-order valence-corrected chi connectivity index (χ4v) is 5.26. The van der Waals surface area contributed by atoms with Crippen molar-refractivity contribution in [2.75, 3.05) is 24.5 Å². The standard InChI is InChI=1S/C19H21ClN2O2S/c20-15-1-3-17(4-2-15)25(23,24)18-5-6-19-14(13-18)9-12-22(19)16-7-10-21-11-8-16/h1-6,13,16,21H,7-12H2. The van der Waals surface area contributed by atoms with Crippen LogP contribution in [0.1, 0.15) is 18.4 Å². The van der Waals surface area contributed by atoms with Gasteiger partial charge in [-0.3, -0.25) is 0 Å². The van der Waals surface area contributed by atoms with E-state index in [9.17, 15) is 8.42 Å². The van der Waals surface area contributed by atoms with Gasteiger partial charge in [-0.05, 0) is 80.4 Å². The summed E-state index contributed by atoms with van der Waals surface area (Å²) in [6.45, 7) is 3.09. The maximum Gasteiger partial charge on any atom is 0.206 e. The lowest BCUT2D eigenvalue weighted by molar-refractivity contribution is 0.435. The van der Waals surface area contributed by atoms with Gasteiger partial charge in [0.1, 0.15) is 0 Å². The number of hydrogen-bond donors (Lipinski definition) is 1. The van der Waals surface area contributed by atoms with Crippen molar-refractivity contribution in [3.8, 4) is 0 Å². The summed E-state index contributed by atoms with van der Waals surface area (Å²) in [5.41, 5.74) is 2.33. The van der Waals surface area contributed by atoms with E-state index in [1.54, 1.807) is 30.3 Å². The van der Waals surface area contributed by atoms with Gasteiger partial charge in [0.15, 0.2) is 0 Å². The maximum atomic E-state index is 12.9. The predicted molar refractivity (Wildman–Crippen MR) is 100 cm³/mol. The molecule has 1 N–H and O–H groups in total. The first-order valence-corrected chi connectivity index (χ1v) is 10.5. The molecule has 6 heteroatoms. The van der Waals surface area contributed by atoms with Crippen LogP contribution >= 0.6 is 11.6 Å². The van der Waals surface area contributed by atoms with Crippen LogP contribution in [0, 0.1) is 0 Å². The molecule has 2 aromatic rings. The molecule has 1 saturated heterocycles. The van der Waals surface area contributed by atoms with E-state index in [0.29, 0.717) is 16.0 Å². The second-order valence-electron chi connectivity index (χ2n) is 6.67. The topological polar surface area (TPSA) is 49.4 Å². The molecule has 4 nitrogen and oxygen atoms in total. The molecule has 2 heterocycles. The molecular formula is C19H21ClN2O2S. The van der Waals surface area contributed by atoms with Crippen LogP contribution in [0.25, 0.3) is 0 Å². The molecule has 132 valence electrons. The van der Waals surface area contributed by atoms with Gasteiger partial charge < -0.3 is 10.2 Å². The van der Waals surface area contributed by atoms with Crippen molar-refractivity contribution in [1.29, 1.82) is 0 Å². The maximum absolute atomic E-state index is 12.9. The zero-order valence-electron chi connectivity index (χ0n) is 13.9. The van der Waals surface area contributed by atoms with Crippen LogP contribution in [-0.2, 0) is 16.3 Å². The van der Waals surface area contributed by atoms with Gasteiger partial charge in [0, 0.05) is 23.3 Å². The summed E-state index contributed by atoms with van der Waals surface area (Å²) >= 11 is 5.87. The first-order chi connectivity index (χ1) is 12.1. The largest absolute Gasteiger partial charge is 0.368 e. The van der Waals surface area contributed by atoms with Crippen LogP contribution < -0.4 is 10.2 Å². The summed E-state index contributed by atoms with van der Waals surface area (Å²) in [5, 5.41) is 3.93. The quantitative estimate of drug-likeness (QED) is 0.893. The number of rotatable bonds is 3. The van der Waals surface area contributed by atoms with E-state index in [2.05, 4.69) is 10.2 Å². The van der Waals surface area contributed by atoms with E-state index in [-0.39, 0.29) is 4.90 Å². The molecule has 1 fully saturated rings. The molecule has 0 amide bonds. The van der Waals surface area contributed by atoms with Crippen LogP contribution in [0.5, 0.6) is 0 Å². The average Bonchev–Trinajstić information content (AvgIpc) is 3.06. The number of halogens is 1. The number of anilines is 1. The number of sulfone groups is 1. The highest BCUT2D eigenvalue weighted by atomic mass is 35.5. The SMILES string of the molecule is O=S(=O)(c1ccc(Cl)cc1)c1ccc2c(c1)CCN2C1CCNCC1. The summed E-state index contributed by atoms with van der Waals surface area (Å²) in [5.74, 6) is 0. The van der Waals surface area contributed by atoms with Gasteiger partial charge in [-0.15, -0.1) is 0 Å². The van der Waals surface area contributed by atoms with Gasteiger partial charge in [0.2, 0.25) is 9.84 Å². The molecule has 4 rings (SSSR count). The Morgan fingerprint density at radius 1 is 1.00 bits per heavy atom. The lowest BCUT2D eigenvalue weighted by atomic mass is 10.0. The highest BCUT2D eigenvalue weighted by molar-refractivity contribution is 7.91. The van der Waals surface area contributed by atoms with Crippen LogP contribution in [0.2, 0.25) is 5.02 Å². The van der Waals surface area contributed by atoms with Gasteiger partial charge in [-0.1, -0.05) is 11.6 Å². The molecular weight excluding hydrogens is 356 g/mol. The Morgan fingerprint density at radius 3 is 2.40 bits per heavy atom. The minimum Gasteiger partial charge on any atom is -0.368 e. The molecule has 0 spiro atoms. The molecule has 0 aliphatic carbocycles. The van der Waals surface area contributed by atoms with Gasteiger partial charge in [-0.25, -0.2) is 8.42 Å². The molecule has 0 unspecified atom stereocenters. The number of hydrogen-bond acceptors (Lipinski definition) is 4. The van der Waals surface area contributed by atoms with E-state index in [4.69, 9.17) is 11.6 Å². The highest BCUT2D eigenvalue weighted by Crippen LogP contribution is 2.34. The minimum atomic E-state index is -3.51. The predicted octanol–water partition coefficient (Wildman–Crippen LogP) is 3.29. The summed E-state index contributed by atoms with van der Waals surface area (Å²) in [7, 11) is -3.51. The Balaban J connectivity index is 1.64. The van der Waals surface area contributed by atoms with E-state index in [1.807, 2.05) is 12.1 Å². The van der Waals surface area contributed by atoms with E-state index in [1.165, 1.54) is 5.69 Å². The Morgan fingerprint density at radius 2 is 1.68 bits per heavy atom. The van der Waals surface area contributed by atoms with Gasteiger partial charge in [0.25, 0.3) is 0 Å². The number of nitrogens with zero attached hydrogens (tertiary/aromatic N) is 1. The summed E-state index contributed by atoms with van der Waals surface area (Å²) in [4.78, 5) is 3.10. The second-order valence-corrected chi connectivity index (χ2v) is 9.06. The first kappa shape index (κ1) is 16.9. The van der Waals surface area contributed by atoms with Crippen LogP contribution in [0.15, 0.2) is 52.3 Å². The molecule has 0 radical (unpaired) electrons. The van der Waals surface area contributed by atoms with E-state index >= 15 is 0 Å². The van der Waals surface area contributed by atoms with Crippen LogP contribution in [-0.4, -0.2) is 34.1 Å². The molecule has 0 atom stereocenters. The number of fused-ring (bicyclic) bond motifs is 1. The zero-order chi connectivity index (χ0) is 17.4. The van der Waals surface area contributed by atoms with Crippen molar-refractivity contribution in [1.82, 2.24) is 5.32 Å². The van der Waals surface area contributed by atoms with Crippen LogP contribution in [0.3, 0.4) is 0 Å². The number of nitrogens with one attached hydrogen (secondary N) is 1. The van der Waals surface area contributed by atoms with Gasteiger partial charge in [-0.2, -0.15) is 0 Å². The highest BCUT2D eigenvalue weighted by Gasteiger charge is 2.28. The molecule has 2 aromatic carbocycles. The minimum absolute atomic E-state index is 0.282. The van der Waals surface area contributed by atoms with Crippen LogP contribution in [0.4, 0.5) is 5.69 Å². The third-order valence-corrected chi connectivity index (χ3v) is 7.19. The van der Waals surface area contributed by atoms with E-state index in [0.717, 1.165) is 44.5 Å². The van der Waals surface area contributed by atoms with Gasteiger partial charge >= 0.3 is 0 Å². The van der Waals surface area contributed by atoms with Crippen molar-refractivity contribution in [3.05, 3.63) is 53.1 Å². The fourth-order valence-electron chi connectivity index (χ4n) is 3.82. The van der Waals surface area contributed by atoms with Crippen molar-refractivity contribution < 1.29 is 8.42 Å². The smallest absolute Gasteiger partial charge is 0.206 e. The third-order valence-electron chi connectivity index (χ3n) is 5.17. The second kappa shape index (κ2) is 6.63. The Kier molecular flexibility index (Phi) is 4.48. The van der Waals surface area contributed by atoms with Crippen molar-refractivity contribution in [2.24, 2.45) is 0 Å². The third kappa shape index (κ3) is 3.16. The molecule has 0 saturated carbocycles. The zero-order valence-corrected chi connectivity index (χ0v) is 15.5. The summed E-state index contributed by atoms with van der Waals surface area (Å²) in [6, 6.07) is 12.5. The van der Waals surface area contributed by atoms with Crippen molar-refractivity contribution >= 4 is 27.1 Å². The molecule has 2 aliphatic heterocycles.